The van der Waals surface area contributed by atoms with Crippen LogP contribution in [-0.4, -0.2) is 57.9 Å². The van der Waals surface area contributed by atoms with Crippen molar-refractivity contribution in [1.29, 1.82) is 0 Å². The van der Waals surface area contributed by atoms with Gasteiger partial charge in [0.25, 0.3) is 0 Å². The summed E-state index contributed by atoms with van der Waals surface area (Å²) >= 11 is 0. The van der Waals surface area contributed by atoms with Crippen molar-refractivity contribution in [2.24, 2.45) is 0 Å². The molecule has 6 nitrogen and oxygen atoms in total. The van der Waals surface area contributed by atoms with Gasteiger partial charge in [-0.1, -0.05) is 6.07 Å². The summed E-state index contributed by atoms with van der Waals surface area (Å²) in [4.78, 5) is 18.9. The van der Waals surface area contributed by atoms with E-state index in [0.29, 0.717) is 13.2 Å². The molecule has 0 spiro atoms. The number of carbonyl (C=O) groups is 1. The molecule has 1 aromatic heterocycles. The monoisotopic (exact) mass is 346 g/mol. The Kier molecular flexibility index (Phi) is 4.75. The number of pyridine rings is 1. The average Bonchev–Trinajstić information content (AvgIpc) is 2.98. The van der Waals surface area contributed by atoms with Crippen molar-refractivity contribution in [2.75, 3.05) is 13.2 Å². The molecule has 136 valence electrons. The number of ether oxygens (including phenoxy) is 2. The van der Waals surface area contributed by atoms with E-state index >= 15 is 0 Å². The standard InChI is InChI=1S/C19H26N2O4/c22-17(11-19(23)7-4-8-19)21-12-16(18-15(21)6-3-10-24-18)25-13-14-5-1-2-9-20-14/h1-2,5,9,15-16,18,23H,3-4,6-8,10-13H2/t15-,16+,18+/m1/s1. The first-order valence-corrected chi connectivity index (χ1v) is 9.30. The van der Waals surface area contributed by atoms with Crippen molar-refractivity contribution in [2.45, 2.75) is 69.0 Å². The molecule has 3 atom stereocenters. The van der Waals surface area contributed by atoms with Crippen LogP contribution in [0.1, 0.15) is 44.2 Å². The third kappa shape index (κ3) is 3.57. The second-order valence-corrected chi connectivity index (χ2v) is 7.52. The molecule has 25 heavy (non-hydrogen) atoms. The Hall–Kier alpha value is -1.50. The average molecular weight is 346 g/mol. The van der Waals surface area contributed by atoms with Crippen molar-refractivity contribution in [1.82, 2.24) is 9.88 Å². The van der Waals surface area contributed by atoms with Crippen LogP contribution in [0, 0.1) is 0 Å². The van der Waals surface area contributed by atoms with Crippen LogP contribution in [0.25, 0.3) is 0 Å². The molecule has 1 aliphatic carbocycles. The molecule has 0 unspecified atom stereocenters. The molecule has 4 rings (SSSR count). The molecule has 0 radical (unpaired) electrons. The number of aromatic nitrogens is 1. The lowest BCUT2D eigenvalue weighted by Gasteiger charge is -2.38. The summed E-state index contributed by atoms with van der Waals surface area (Å²) in [5.41, 5.74) is 0.0954. The highest BCUT2D eigenvalue weighted by Crippen LogP contribution is 2.37. The molecule has 1 amide bonds. The lowest BCUT2D eigenvalue weighted by Crippen LogP contribution is -2.47. The van der Waals surface area contributed by atoms with E-state index < -0.39 is 5.60 Å². The van der Waals surface area contributed by atoms with Crippen LogP contribution in [-0.2, 0) is 20.9 Å². The fourth-order valence-electron chi connectivity index (χ4n) is 4.16. The minimum absolute atomic E-state index is 0.0339. The SMILES string of the molecule is O=C(CC1(O)CCC1)N1C[C@H](OCc2ccccn2)[C@H]2OCCC[C@H]21. The van der Waals surface area contributed by atoms with E-state index in [1.54, 1.807) is 6.20 Å². The Morgan fingerprint density at radius 2 is 2.28 bits per heavy atom. The summed E-state index contributed by atoms with van der Waals surface area (Å²) in [5, 5.41) is 10.3. The van der Waals surface area contributed by atoms with Gasteiger partial charge in [-0.3, -0.25) is 9.78 Å². The lowest BCUT2D eigenvalue weighted by molar-refractivity contribution is -0.143. The zero-order valence-electron chi connectivity index (χ0n) is 14.5. The Morgan fingerprint density at radius 1 is 1.40 bits per heavy atom. The van der Waals surface area contributed by atoms with Crippen molar-refractivity contribution >= 4 is 5.91 Å². The molecule has 1 N–H and O–H groups in total. The van der Waals surface area contributed by atoms with E-state index in [9.17, 15) is 9.90 Å². The maximum absolute atomic E-state index is 12.8. The van der Waals surface area contributed by atoms with Crippen molar-refractivity contribution in [3.05, 3.63) is 30.1 Å². The van der Waals surface area contributed by atoms with Gasteiger partial charge in [0, 0.05) is 19.3 Å². The van der Waals surface area contributed by atoms with Gasteiger partial charge >= 0.3 is 0 Å². The molecular formula is C19H26N2O4. The van der Waals surface area contributed by atoms with Gasteiger partial charge in [0.15, 0.2) is 0 Å². The highest BCUT2D eigenvalue weighted by atomic mass is 16.5. The largest absolute Gasteiger partial charge is 0.389 e. The predicted octanol–water partition coefficient (Wildman–Crippen LogP) is 1.66. The van der Waals surface area contributed by atoms with Gasteiger partial charge in [0.05, 0.1) is 30.4 Å². The third-order valence-corrected chi connectivity index (χ3v) is 5.73. The molecule has 2 saturated heterocycles. The molecule has 0 aromatic carbocycles. The van der Waals surface area contributed by atoms with Crippen LogP contribution < -0.4 is 0 Å². The Balaban J connectivity index is 1.41. The number of nitrogens with zero attached hydrogens (tertiary/aromatic N) is 2. The first-order chi connectivity index (χ1) is 12.1. The molecule has 2 aliphatic heterocycles. The van der Waals surface area contributed by atoms with E-state index in [-0.39, 0.29) is 30.6 Å². The number of carbonyl (C=O) groups excluding carboxylic acids is 1. The van der Waals surface area contributed by atoms with E-state index in [2.05, 4.69) is 4.98 Å². The molecule has 1 aromatic rings. The fraction of sp³-hybridized carbons (Fsp3) is 0.684. The van der Waals surface area contributed by atoms with E-state index in [1.165, 1.54) is 0 Å². The Labute approximate surface area is 148 Å². The normalized spacial score (nSPS) is 30.6. The summed E-state index contributed by atoms with van der Waals surface area (Å²) in [7, 11) is 0. The van der Waals surface area contributed by atoms with E-state index in [1.807, 2.05) is 23.1 Å². The Bertz CT molecular complexity index is 605. The van der Waals surface area contributed by atoms with E-state index in [4.69, 9.17) is 9.47 Å². The zero-order chi connectivity index (χ0) is 17.3. The van der Waals surface area contributed by atoms with Crippen molar-refractivity contribution in [3.63, 3.8) is 0 Å². The number of aliphatic hydroxyl groups is 1. The zero-order valence-corrected chi connectivity index (χ0v) is 14.5. The van der Waals surface area contributed by atoms with Gasteiger partial charge in [0.1, 0.15) is 12.2 Å². The molecule has 3 aliphatic rings. The minimum Gasteiger partial charge on any atom is -0.389 e. The number of hydrogen-bond acceptors (Lipinski definition) is 5. The topological polar surface area (TPSA) is 71.9 Å². The highest BCUT2D eigenvalue weighted by Gasteiger charge is 2.48. The van der Waals surface area contributed by atoms with Gasteiger partial charge < -0.3 is 19.5 Å². The molecule has 0 bridgehead atoms. The second kappa shape index (κ2) is 7.02. The summed E-state index contributed by atoms with van der Waals surface area (Å²) in [6.45, 7) is 1.68. The van der Waals surface area contributed by atoms with Gasteiger partial charge in [-0.2, -0.15) is 0 Å². The van der Waals surface area contributed by atoms with Crippen LogP contribution >= 0.6 is 0 Å². The minimum atomic E-state index is -0.783. The Morgan fingerprint density at radius 3 is 3.00 bits per heavy atom. The molecule has 3 fully saturated rings. The third-order valence-electron chi connectivity index (χ3n) is 5.73. The first-order valence-electron chi connectivity index (χ1n) is 9.30. The predicted molar refractivity (Wildman–Crippen MR) is 90.7 cm³/mol. The number of amides is 1. The van der Waals surface area contributed by atoms with E-state index in [0.717, 1.165) is 44.4 Å². The number of likely N-dealkylation sites (tertiary alicyclic amines) is 1. The van der Waals surface area contributed by atoms with Crippen LogP contribution in [0.15, 0.2) is 24.4 Å². The van der Waals surface area contributed by atoms with Crippen LogP contribution in [0.3, 0.4) is 0 Å². The lowest BCUT2D eigenvalue weighted by atomic mass is 9.77. The van der Waals surface area contributed by atoms with Crippen LogP contribution in [0.2, 0.25) is 0 Å². The number of rotatable bonds is 5. The first kappa shape index (κ1) is 16.9. The fourth-order valence-corrected chi connectivity index (χ4v) is 4.16. The maximum Gasteiger partial charge on any atom is 0.225 e. The highest BCUT2D eigenvalue weighted by molar-refractivity contribution is 5.78. The summed E-state index contributed by atoms with van der Waals surface area (Å²) in [5.74, 6) is 0.0339. The summed E-state index contributed by atoms with van der Waals surface area (Å²) in [6.07, 6.45) is 6.15. The van der Waals surface area contributed by atoms with Crippen LogP contribution in [0.5, 0.6) is 0 Å². The van der Waals surface area contributed by atoms with Gasteiger partial charge in [-0.15, -0.1) is 0 Å². The molecule has 3 heterocycles. The maximum atomic E-state index is 12.8. The second-order valence-electron chi connectivity index (χ2n) is 7.52. The van der Waals surface area contributed by atoms with Gasteiger partial charge in [0.2, 0.25) is 5.91 Å². The van der Waals surface area contributed by atoms with Crippen molar-refractivity contribution in [3.8, 4) is 0 Å². The van der Waals surface area contributed by atoms with Gasteiger partial charge in [-0.25, -0.2) is 0 Å². The summed E-state index contributed by atoms with van der Waals surface area (Å²) < 4.78 is 12.0. The number of hydrogen-bond donors (Lipinski definition) is 1. The molecule has 6 heteroatoms. The quantitative estimate of drug-likeness (QED) is 0.878. The number of fused-ring (bicyclic) bond motifs is 1. The smallest absolute Gasteiger partial charge is 0.225 e. The molecular weight excluding hydrogens is 320 g/mol. The molecule has 1 saturated carbocycles. The van der Waals surface area contributed by atoms with Crippen LogP contribution in [0.4, 0.5) is 0 Å². The van der Waals surface area contributed by atoms with Gasteiger partial charge in [-0.05, 0) is 44.2 Å². The summed E-state index contributed by atoms with van der Waals surface area (Å²) in [6, 6.07) is 5.82. The van der Waals surface area contributed by atoms with Crippen molar-refractivity contribution < 1.29 is 19.4 Å².